The fourth-order valence-corrected chi connectivity index (χ4v) is 2.50. The van der Waals surface area contributed by atoms with Crippen LogP contribution in [0, 0.1) is 6.92 Å². The van der Waals surface area contributed by atoms with Gasteiger partial charge in [-0.1, -0.05) is 41.4 Å². The molecular formula is C16H12Cl2N2O2. The van der Waals surface area contributed by atoms with Crippen molar-refractivity contribution in [2.24, 2.45) is 0 Å². The van der Waals surface area contributed by atoms with Crippen molar-refractivity contribution in [3.05, 3.63) is 64.0 Å². The molecule has 6 heteroatoms. The highest BCUT2D eigenvalue weighted by Gasteiger charge is 2.11. The first kappa shape index (κ1) is 14.9. The minimum absolute atomic E-state index is 0.148. The van der Waals surface area contributed by atoms with Crippen LogP contribution in [0.2, 0.25) is 10.0 Å². The molecule has 0 aliphatic carbocycles. The third kappa shape index (κ3) is 3.40. The summed E-state index contributed by atoms with van der Waals surface area (Å²) in [5.74, 6) is 1.41. The summed E-state index contributed by atoms with van der Waals surface area (Å²) in [6.45, 7) is 2.14. The van der Waals surface area contributed by atoms with Crippen LogP contribution in [-0.4, -0.2) is 10.2 Å². The molecule has 0 saturated heterocycles. The van der Waals surface area contributed by atoms with Gasteiger partial charge in [-0.2, -0.15) is 0 Å². The van der Waals surface area contributed by atoms with Gasteiger partial charge in [-0.25, -0.2) is 0 Å². The number of aryl methyl sites for hydroxylation is 1. The van der Waals surface area contributed by atoms with Gasteiger partial charge in [-0.3, -0.25) is 0 Å². The van der Waals surface area contributed by atoms with Crippen LogP contribution in [0.25, 0.3) is 11.5 Å². The summed E-state index contributed by atoms with van der Waals surface area (Å²) >= 11 is 11.8. The maximum absolute atomic E-state index is 5.92. The van der Waals surface area contributed by atoms with Gasteiger partial charge in [0.1, 0.15) is 5.75 Å². The summed E-state index contributed by atoms with van der Waals surface area (Å²) in [5, 5.41) is 9.05. The van der Waals surface area contributed by atoms with E-state index in [0.29, 0.717) is 27.6 Å². The fourth-order valence-electron chi connectivity index (χ4n) is 1.99. The van der Waals surface area contributed by atoms with E-state index in [1.807, 2.05) is 31.2 Å². The van der Waals surface area contributed by atoms with Crippen LogP contribution in [0.4, 0.5) is 0 Å². The minimum Gasteiger partial charge on any atom is -0.484 e. The molecule has 0 N–H and O–H groups in total. The molecule has 0 saturated carbocycles. The van der Waals surface area contributed by atoms with Gasteiger partial charge in [0.25, 0.3) is 5.89 Å². The second kappa shape index (κ2) is 6.38. The second-order valence-electron chi connectivity index (χ2n) is 4.71. The fraction of sp³-hybridized carbons (Fsp3) is 0.125. The predicted octanol–water partition coefficient (Wildman–Crippen LogP) is 4.93. The third-order valence-corrected chi connectivity index (χ3v) is 3.48. The van der Waals surface area contributed by atoms with Crippen molar-refractivity contribution in [1.29, 1.82) is 0 Å². The smallest absolute Gasteiger partial charge is 0.254 e. The highest BCUT2D eigenvalue weighted by atomic mass is 35.5. The Hall–Kier alpha value is -2.04. The summed E-state index contributed by atoms with van der Waals surface area (Å²) in [4.78, 5) is 0. The molecule has 0 radical (unpaired) electrons. The molecule has 0 atom stereocenters. The average Bonchev–Trinajstić information content (AvgIpc) is 2.93. The summed E-state index contributed by atoms with van der Waals surface area (Å²) in [5.41, 5.74) is 1.98. The topological polar surface area (TPSA) is 48.2 Å². The highest BCUT2D eigenvalue weighted by molar-refractivity contribution is 6.34. The molecule has 0 fully saturated rings. The average molecular weight is 335 g/mol. The number of benzene rings is 2. The molecule has 4 nitrogen and oxygen atoms in total. The van der Waals surface area contributed by atoms with Gasteiger partial charge in [0.2, 0.25) is 5.89 Å². The van der Waals surface area contributed by atoms with E-state index in [9.17, 15) is 0 Å². The second-order valence-corrected chi connectivity index (χ2v) is 5.58. The van der Waals surface area contributed by atoms with Gasteiger partial charge in [-0.15, -0.1) is 10.2 Å². The molecule has 0 unspecified atom stereocenters. The van der Waals surface area contributed by atoms with Crippen LogP contribution in [0.15, 0.2) is 46.9 Å². The summed E-state index contributed by atoms with van der Waals surface area (Å²) in [6.07, 6.45) is 0. The summed E-state index contributed by atoms with van der Waals surface area (Å²) in [6, 6.07) is 12.8. The maximum atomic E-state index is 5.92. The van der Waals surface area contributed by atoms with E-state index in [1.165, 1.54) is 0 Å². The van der Waals surface area contributed by atoms with Crippen LogP contribution in [0.5, 0.6) is 5.75 Å². The Balaban J connectivity index is 1.73. The van der Waals surface area contributed by atoms with Gasteiger partial charge in [0, 0.05) is 15.6 Å². The molecule has 3 aromatic rings. The summed E-state index contributed by atoms with van der Waals surface area (Å²) < 4.78 is 11.2. The van der Waals surface area contributed by atoms with E-state index >= 15 is 0 Å². The van der Waals surface area contributed by atoms with E-state index < -0.39 is 0 Å². The van der Waals surface area contributed by atoms with Crippen LogP contribution in [0.3, 0.4) is 0 Å². The number of aromatic nitrogens is 2. The van der Waals surface area contributed by atoms with Crippen LogP contribution < -0.4 is 4.74 Å². The first-order valence-electron chi connectivity index (χ1n) is 6.59. The van der Waals surface area contributed by atoms with Crippen LogP contribution >= 0.6 is 23.2 Å². The maximum Gasteiger partial charge on any atom is 0.254 e. The Morgan fingerprint density at radius 3 is 2.50 bits per heavy atom. The Bertz CT molecular complexity index is 782. The molecule has 2 aromatic carbocycles. The van der Waals surface area contributed by atoms with E-state index in [1.54, 1.807) is 18.2 Å². The highest BCUT2D eigenvalue weighted by Crippen LogP contribution is 2.25. The standard InChI is InChI=1S/C16H12Cl2N2O2/c1-10-4-2-3-5-14(10)16-20-19-15(22-16)9-21-13-7-11(17)6-12(18)8-13/h2-8H,9H2,1H3. The zero-order chi connectivity index (χ0) is 15.5. The number of rotatable bonds is 4. The first-order valence-corrected chi connectivity index (χ1v) is 7.35. The molecule has 0 bridgehead atoms. The van der Waals surface area contributed by atoms with Crippen molar-refractivity contribution in [2.45, 2.75) is 13.5 Å². The molecule has 0 aliphatic rings. The van der Waals surface area contributed by atoms with Crippen molar-refractivity contribution in [3.8, 4) is 17.2 Å². The Morgan fingerprint density at radius 2 is 1.77 bits per heavy atom. The number of hydrogen-bond acceptors (Lipinski definition) is 4. The molecule has 0 aliphatic heterocycles. The Labute approximate surface area is 137 Å². The van der Waals surface area contributed by atoms with E-state index in [4.69, 9.17) is 32.4 Å². The van der Waals surface area contributed by atoms with Gasteiger partial charge >= 0.3 is 0 Å². The number of halogens is 2. The Morgan fingerprint density at radius 1 is 1.05 bits per heavy atom. The largest absolute Gasteiger partial charge is 0.484 e. The van der Waals surface area contributed by atoms with Crippen molar-refractivity contribution >= 4 is 23.2 Å². The van der Waals surface area contributed by atoms with Gasteiger partial charge in [0.15, 0.2) is 6.61 Å². The quantitative estimate of drug-likeness (QED) is 0.678. The van der Waals surface area contributed by atoms with Gasteiger partial charge in [0.05, 0.1) is 0 Å². The van der Waals surface area contributed by atoms with Gasteiger partial charge < -0.3 is 9.15 Å². The van der Waals surface area contributed by atoms with E-state index in [2.05, 4.69) is 10.2 Å². The monoisotopic (exact) mass is 334 g/mol. The number of ether oxygens (including phenoxy) is 1. The number of nitrogens with zero attached hydrogens (tertiary/aromatic N) is 2. The molecule has 22 heavy (non-hydrogen) atoms. The molecule has 1 aromatic heterocycles. The van der Waals surface area contributed by atoms with Gasteiger partial charge in [-0.05, 0) is 36.8 Å². The molecule has 1 heterocycles. The van der Waals surface area contributed by atoms with Crippen molar-refractivity contribution < 1.29 is 9.15 Å². The third-order valence-electron chi connectivity index (χ3n) is 3.04. The Kier molecular flexibility index (Phi) is 4.32. The lowest BCUT2D eigenvalue weighted by atomic mass is 10.1. The molecular weight excluding hydrogens is 323 g/mol. The SMILES string of the molecule is Cc1ccccc1-c1nnc(COc2cc(Cl)cc(Cl)c2)o1. The zero-order valence-electron chi connectivity index (χ0n) is 11.7. The molecule has 112 valence electrons. The lowest BCUT2D eigenvalue weighted by Gasteiger charge is -2.04. The van der Waals surface area contributed by atoms with Crippen LogP contribution in [-0.2, 0) is 6.61 Å². The normalized spacial score (nSPS) is 10.7. The first-order chi connectivity index (χ1) is 10.6. The minimum atomic E-state index is 0.148. The lowest BCUT2D eigenvalue weighted by Crippen LogP contribution is -1.95. The van der Waals surface area contributed by atoms with Crippen molar-refractivity contribution in [3.63, 3.8) is 0 Å². The molecule has 0 spiro atoms. The predicted molar refractivity (Wildman–Crippen MR) is 85.3 cm³/mol. The zero-order valence-corrected chi connectivity index (χ0v) is 13.2. The molecule has 3 rings (SSSR count). The summed E-state index contributed by atoms with van der Waals surface area (Å²) in [7, 11) is 0. The lowest BCUT2D eigenvalue weighted by molar-refractivity contribution is 0.264. The van der Waals surface area contributed by atoms with E-state index in [-0.39, 0.29) is 6.61 Å². The van der Waals surface area contributed by atoms with Crippen molar-refractivity contribution in [2.75, 3.05) is 0 Å². The van der Waals surface area contributed by atoms with Crippen LogP contribution in [0.1, 0.15) is 11.5 Å². The van der Waals surface area contributed by atoms with Crippen molar-refractivity contribution in [1.82, 2.24) is 10.2 Å². The molecule has 0 amide bonds. The van der Waals surface area contributed by atoms with E-state index in [0.717, 1.165) is 11.1 Å². The number of hydrogen-bond donors (Lipinski definition) is 0.